The van der Waals surface area contributed by atoms with E-state index < -0.39 is 23.4 Å². The molecule has 3 fully saturated rings. The summed E-state index contributed by atoms with van der Waals surface area (Å²) in [5, 5.41) is 9.28. The fraction of sp³-hybridized carbons (Fsp3) is 1.00. The number of halogens is 3. The summed E-state index contributed by atoms with van der Waals surface area (Å²) < 4.78 is 42.4. The minimum atomic E-state index is -4.62. The highest BCUT2D eigenvalue weighted by molar-refractivity contribution is 5.06. The summed E-state index contributed by atoms with van der Waals surface area (Å²) in [5.41, 5.74) is 3.95. The number of ether oxygens (including phenoxy) is 1. The first-order valence-electron chi connectivity index (χ1n) is 4.95. The van der Waals surface area contributed by atoms with Gasteiger partial charge in [-0.15, -0.1) is 0 Å². The van der Waals surface area contributed by atoms with E-state index in [-0.39, 0.29) is 19.4 Å². The quantitative estimate of drug-likeness (QED) is 0.698. The molecule has 6 heteroatoms. The van der Waals surface area contributed by atoms with E-state index in [1.807, 2.05) is 0 Å². The molecule has 15 heavy (non-hydrogen) atoms. The van der Waals surface area contributed by atoms with Crippen LogP contribution in [-0.2, 0) is 4.74 Å². The molecule has 2 saturated heterocycles. The van der Waals surface area contributed by atoms with Gasteiger partial charge in [0.2, 0.25) is 0 Å². The fourth-order valence-corrected chi connectivity index (χ4v) is 2.40. The van der Waals surface area contributed by atoms with Crippen molar-refractivity contribution in [1.29, 1.82) is 0 Å². The largest absolute Gasteiger partial charge is 0.417 e. The second-order valence-electron chi connectivity index (χ2n) is 4.66. The fourth-order valence-electron chi connectivity index (χ4n) is 2.40. The van der Waals surface area contributed by atoms with Gasteiger partial charge in [0.25, 0.3) is 0 Å². The van der Waals surface area contributed by atoms with Crippen LogP contribution in [0.5, 0.6) is 0 Å². The van der Waals surface area contributed by atoms with Gasteiger partial charge in [0.15, 0.2) is 6.10 Å². The monoisotopic (exact) mass is 225 g/mol. The Labute approximate surface area is 85.4 Å². The standard InChI is InChI=1S/C9H14F3NO2/c10-9(11,12)6(14)8-3-1-7(13,2-4-8)5-15-8/h6,14H,1-5,13H2. The lowest BCUT2D eigenvalue weighted by Gasteiger charge is -2.53. The van der Waals surface area contributed by atoms with Crippen LogP contribution in [0.4, 0.5) is 13.2 Å². The van der Waals surface area contributed by atoms with E-state index >= 15 is 0 Å². The molecule has 1 unspecified atom stereocenters. The molecule has 2 aliphatic heterocycles. The molecule has 2 bridgehead atoms. The number of aliphatic hydroxyl groups is 1. The molecule has 3 nitrogen and oxygen atoms in total. The predicted octanol–water partition coefficient (Wildman–Crippen LogP) is 0.950. The van der Waals surface area contributed by atoms with Crippen LogP contribution in [-0.4, -0.2) is 35.1 Å². The Morgan fingerprint density at radius 1 is 1.20 bits per heavy atom. The molecule has 0 radical (unpaired) electrons. The van der Waals surface area contributed by atoms with E-state index in [0.29, 0.717) is 12.8 Å². The summed E-state index contributed by atoms with van der Waals surface area (Å²) in [7, 11) is 0. The SMILES string of the molecule is NC12CCC(C(O)C(F)(F)F)(CC1)OC2. The maximum atomic E-state index is 12.4. The van der Waals surface area contributed by atoms with Crippen LogP contribution in [0.15, 0.2) is 0 Å². The molecule has 88 valence electrons. The highest BCUT2D eigenvalue weighted by Crippen LogP contribution is 2.47. The Morgan fingerprint density at radius 3 is 2.07 bits per heavy atom. The normalized spacial score (nSPS) is 43.0. The molecule has 0 aromatic rings. The first-order chi connectivity index (χ1) is 6.78. The van der Waals surface area contributed by atoms with Crippen molar-refractivity contribution in [2.45, 2.75) is 49.1 Å². The molecule has 3 N–H and O–H groups in total. The predicted molar refractivity (Wildman–Crippen MR) is 46.1 cm³/mol. The van der Waals surface area contributed by atoms with E-state index in [2.05, 4.69) is 0 Å². The molecular formula is C9H14F3NO2. The Morgan fingerprint density at radius 2 is 1.73 bits per heavy atom. The number of hydrogen-bond acceptors (Lipinski definition) is 3. The van der Waals surface area contributed by atoms with Crippen LogP contribution < -0.4 is 5.73 Å². The second-order valence-corrected chi connectivity index (χ2v) is 4.66. The number of fused-ring (bicyclic) bond motifs is 3. The molecule has 1 saturated carbocycles. The minimum absolute atomic E-state index is 0.111. The van der Waals surface area contributed by atoms with Crippen molar-refractivity contribution >= 4 is 0 Å². The first-order valence-corrected chi connectivity index (χ1v) is 4.95. The van der Waals surface area contributed by atoms with Gasteiger partial charge in [-0.25, -0.2) is 0 Å². The zero-order chi connectivity index (χ0) is 11.3. The number of nitrogens with two attached hydrogens (primary N) is 1. The molecule has 0 amide bonds. The highest BCUT2D eigenvalue weighted by atomic mass is 19.4. The van der Waals surface area contributed by atoms with E-state index in [9.17, 15) is 18.3 Å². The van der Waals surface area contributed by atoms with Crippen LogP contribution in [0.2, 0.25) is 0 Å². The molecule has 0 spiro atoms. The average molecular weight is 225 g/mol. The Hall–Kier alpha value is -0.330. The van der Waals surface area contributed by atoms with E-state index in [1.165, 1.54) is 0 Å². The summed E-state index contributed by atoms with van der Waals surface area (Å²) in [4.78, 5) is 0. The molecule has 0 aromatic carbocycles. The van der Waals surface area contributed by atoms with Gasteiger partial charge in [-0.3, -0.25) is 0 Å². The van der Waals surface area contributed by atoms with E-state index in [4.69, 9.17) is 10.5 Å². The van der Waals surface area contributed by atoms with Crippen LogP contribution >= 0.6 is 0 Å². The van der Waals surface area contributed by atoms with Crippen molar-refractivity contribution in [3.8, 4) is 0 Å². The number of hydrogen-bond donors (Lipinski definition) is 2. The molecule has 1 aliphatic carbocycles. The van der Waals surface area contributed by atoms with Gasteiger partial charge in [0.05, 0.1) is 6.61 Å². The first kappa shape index (κ1) is 11.2. The molecular weight excluding hydrogens is 211 g/mol. The Kier molecular flexibility index (Phi) is 2.30. The van der Waals surface area contributed by atoms with Crippen molar-refractivity contribution in [1.82, 2.24) is 0 Å². The van der Waals surface area contributed by atoms with Gasteiger partial charge in [0, 0.05) is 5.54 Å². The third-order valence-electron chi connectivity index (χ3n) is 3.55. The summed E-state index contributed by atoms with van der Waals surface area (Å²) >= 11 is 0. The summed E-state index contributed by atoms with van der Waals surface area (Å²) in [6.07, 6.45) is -5.67. The number of rotatable bonds is 1. The van der Waals surface area contributed by atoms with Crippen molar-refractivity contribution < 1.29 is 23.0 Å². The lowest BCUT2D eigenvalue weighted by molar-refractivity contribution is -0.294. The minimum Gasteiger partial charge on any atom is -0.381 e. The third kappa shape index (κ3) is 1.74. The zero-order valence-corrected chi connectivity index (χ0v) is 8.18. The second kappa shape index (κ2) is 3.09. The molecule has 1 atom stereocenters. The zero-order valence-electron chi connectivity index (χ0n) is 8.18. The van der Waals surface area contributed by atoms with Crippen LogP contribution in [0.1, 0.15) is 25.7 Å². The maximum Gasteiger partial charge on any atom is 0.417 e. The van der Waals surface area contributed by atoms with Gasteiger partial charge in [-0.1, -0.05) is 0 Å². The lowest BCUT2D eigenvalue weighted by atomic mass is 9.69. The highest BCUT2D eigenvalue weighted by Gasteiger charge is 2.59. The maximum absolute atomic E-state index is 12.4. The Bertz CT molecular complexity index is 242. The molecule has 0 aromatic heterocycles. The van der Waals surface area contributed by atoms with Gasteiger partial charge in [-0.05, 0) is 25.7 Å². The third-order valence-corrected chi connectivity index (χ3v) is 3.55. The molecule has 3 rings (SSSR count). The number of aliphatic hydroxyl groups excluding tert-OH is 1. The van der Waals surface area contributed by atoms with Crippen molar-refractivity contribution in [2.24, 2.45) is 5.73 Å². The van der Waals surface area contributed by atoms with Crippen molar-refractivity contribution in [2.75, 3.05) is 6.61 Å². The molecule has 3 aliphatic rings. The summed E-state index contributed by atoms with van der Waals surface area (Å²) in [6.45, 7) is 0.111. The summed E-state index contributed by atoms with van der Waals surface area (Å²) in [5.74, 6) is 0. The number of alkyl halides is 3. The van der Waals surface area contributed by atoms with Gasteiger partial charge >= 0.3 is 6.18 Å². The van der Waals surface area contributed by atoms with Crippen LogP contribution in [0.3, 0.4) is 0 Å². The Balaban J connectivity index is 2.16. The summed E-state index contributed by atoms with van der Waals surface area (Å²) in [6, 6.07) is 0. The van der Waals surface area contributed by atoms with Crippen molar-refractivity contribution in [3.05, 3.63) is 0 Å². The van der Waals surface area contributed by atoms with E-state index in [1.54, 1.807) is 0 Å². The van der Waals surface area contributed by atoms with Crippen LogP contribution in [0, 0.1) is 0 Å². The smallest absolute Gasteiger partial charge is 0.381 e. The van der Waals surface area contributed by atoms with Crippen molar-refractivity contribution in [3.63, 3.8) is 0 Å². The van der Waals surface area contributed by atoms with Gasteiger partial charge < -0.3 is 15.6 Å². The lowest BCUT2D eigenvalue weighted by Crippen LogP contribution is -2.65. The molecule has 2 heterocycles. The van der Waals surface area contributed by atoms with Gasteiger partial charge in [0.1, 0.15) is 5.60 Å². The van der Waals surface area contributed by atoms with E-state index in [0.717, 1.165) is 0 Å². The average Bonchev–Trinajstić information content (AvgIpc) is 2.17. The topological polar surface area (TPSA) is 55.5 Å². The van der Waals surface area contributed by atoms with Gasteiger partial charge in [-0.2, -0.15) is 13.2 Å². The van der Waals surface area contributed by atoms with Crippen LogP contribution in [0.25, 0.3) is 0 Å².